The van der Waals surface area contributed by atoms with Crippen LogP contribution < -0.4 is 0 Å². The third-order valence-corrected chi connectivity index (χ3v) is 1.56. The molecule has 1 saturated heterocycles. The maximum absolute atomic E-state index is 10.3. The van der Waals surface area contributed by atoms with Crippen LogP contribution in [0, 0.1) is 0 Å². The van der Waals surface area contributed by atoms with Gasteiger partial charge in [0.05, 0.1) is 0 Å². The van der Waals surface area contributed by atoms with Crippen LogP contribution in [0.2, 0.25) is 0 Å². The van der Waals surface area contributed by atoms with E-state index in [4.69, 9.17) is 5.11 Å². The predicted molar refractivity (Wildman–Crippen MR) is 29.4 cm³/mol. The van der Waals surface area contributed by atoms with Gasteiger partial charge in [0.15, 0.2) is 13.5 Å². The topological polar surface area (TPSA) is 76.1 Å². The first-order chi connectivity index (χ1) is 4.70. The first-order valence-electron chi connectivity index (χ1n) is 2.41. The van der Waals surface area contributed by atoms with Crippen LogP contribution in [0.3, 0.4) is 0 Å². The van der Waals surface area contributed by atoms with Crippen LogP contribution in [-0.2, 0) is 13.6 Å². The summed E-state index contributed by atoms with van der Waals surface area (Å²) in [6, 6.07) is 0. The molecule has 0 aromatic heterocycles. The monoisotopic (exact) mass is 166 g/mol. The quantitative estimate of drug-likeness (QED) is 0.532. The van der Waals surface area contributed by atoms with Gasteiger partial charge >= 0.3 is 14.3 Å². The van der Waals surface area contributed by atoms with E-state index in [1.165, 1.54) is 0 Å². The highest BCUT2D eigenvalue weighted by Gasteiger charge is 2.32. The Morgan fingerprint density at radius 2 is 2.00 bits per heavy atom. The summed E-state index contributed by atoms with van der Waals surface area (Å²) in [5.74, 6) is 0. The van der Waals surface area contributed by atoms with Crippen molar-refractivity contribution in [3.63, 3.8) is 0 Å². The number of nitrogens with zero attached hydrogens (tertiary/aromatic N) is 1. The summed E-state index contributed by atoms with van der Waals surface area (Å²) in [5.41, 5.74) is 0. The molecule has 10 heavy (non-hydrogen) atoms. The molecule has 56 valence electrons. The second kappa shape index (κ2) is 2.92. The molecule has 0 aromatic rings. The molecule has 0 saturated carbocycles. The minimum atomic E-state index is -2.10. The third-order valence-electron chi connectivity index (χ3n) is 0.908. The molecule has 1 fully saturated rings. The van der Waals surface area contributed by atoms with Crippen molar-refractivity contribution in [1.29, 1.82) is 0 Å². The van der Waals surface area contributed by atoms with Gasteiger partial charge in [0, 0.05) is 4.57 Å². The Labute approximate surface area is 57.3 Å². The van der Waals surface area contributed by atoms with Crippen molar-refractivity contribution in [3.05, 3.63) is 0 Å². The van der Waals surface area contributed by atoms with E-state index in [0.29, 0.717) is 0 Å². The van der Waals surface area contributed by atoms with Crippen molar-refractivity contribution in [2.24, 2.45) is 0 Å². The lowest BCUT2D eigenvalue weighted by Gasteiger charge is -2.14. The number of hydrogen-bond donors (Lipinski definition) is 1. The molecule has 1 aliphatic heterocycles. The molecule has 1 aliphatic rings. The van der Waals surface area contributed by atoms with Crippen LogP contribution >= 0.6 is 8.25 Å². The van der Waals surface area contributed by atoms with Crippen molar-refractivity contribution in [2.45, 2.75) is 0 Å². The highest BCUT2D eigenvalue weighted by Crippen LogP contribution is 2.27. The lowest BCUT2D eigenvalue weighted by atomic mass is 10.8. The van der Waals surface area contributed by atoms with Gasteiger partial charge in [-0.25, -0.2) is 4.79 Å². The van der Waals surface area contributed by atoms with Gasteiger partial charge in [-0.2, -0.15) is 0 Å². The zero-order valence-corrected chi connectivity index (χ0v) is 5.78. The van der Waals surface area contributed by atoms with Gasteiger partial charge in [-0.1, -0.05) is 9.05 Å². The minimum Gasteiger partial charge on any atom is -0.465 e. The van der Waals surface area contributed by atoms with E-state index in [-0.39, 0.29) is 13.5 Å². The molecule has 6 nitrogen and oxygen atoms in total. The van der Waals surface area contributed by atoms with Crippen molar-refractivity contribution in [2.75, 3.05) is 13.5 Å². The maximum Gasteiger partial charge on any atom is 0.701 e. The standard InChI is InChI=1S/C3H4NO5P/c5-3(6)4-1-8-10(7)9-2-4/h1-2H2/p+1. The summed E-state index contributed by atoms with van der Waals surface area (Å²) in [6.07, 6.45) is -1.15. The highest BCUT2D eigenvalue weighted by molar-refractivity contribution is 7.33. The van der Waals surface area contributed by atoms with E-state index >= 15 is 0 Å². The lowest BCUT2D eigenvalue weighted by Crippen LogP contribution is -2.34. The highest BCUT2D eigenvalue weighted by atomic mass is 31.1. The van der Waals surface area contributed by atoms with Gasteiger partial charge in [0.2, 0.25) is 0 Å². The fraction of sp³-hybridized carbons (Fsp3) is 0.667. The maximum atomic E-state index is 10.3. The van der Waals surface area contributed by atoms with Gasteiger partial charge in [-0.05, 0) is 0 Å². The summed E-state index contributed by atoms with van der Waals surface area (Å²) in [4.78, 5) is 11.0. The van der Waals surface area contributed by atoms with E-state index in [1.54, 1.807) is 0 Å². The Morgan fingerprint density at radius 3 is 2.40 bits per heavy atom. The summed E-state index contributed by atoms with van der Waals surface area (Å²) < 4.78 is 19.1. The molecule has 0 aromatic carbocycles. The van der Waals surface area contributed by atoms with Gasteiger partial charge in [-0.3, -0.25) is 4.90 Å². The molecule has 1 amide bonds. The van der Waals surface area contributed by atoms with Gasteiger partial charge < -0.3 is 5.11 Å². The van der Waals surface area contributed by atoms with Crippen LogP contribution in [0.25, 0.3) is 0 Å². The number of carbonyl (C=O) groups is 1. The normalized spacial score (nSPS) is 19.2. The predicted octanol–water partition coefficient (Wildman–Crippen LogP) is 0.586. The van der Waals surface area contributed by atoms with E-state index in [0.717, 1.165) is 4.90 Å². The second-order valence-electron chi connectivity index (χ2n) is 1.56. The molecule has 0 unspecified atom stereocenters. The van der Waals surface area contributed by atoms with Crippen LogP contribution in [0.4, 0.5) is 4.79 Å². The van der Waals surface area contributed by atoms with Crippen molar-refractivity contribution < 1.29 is 23.5 Å². The molecule has 1 rings (SSSR count). The molecule has 0 bridgehead atoms. The minimum absolute atomic E-state index is 0.190. The van der Waals surface area contributed by atoms with Gasteiger partial charge in [0.1, 0.15) is 0 Å². The molecule has 1 N–H and O–H groups in total. The van der Waals surface area contributed by atoms with E-state index < -0.39 is 14.3 Å². The van der Waals surface area contributed by atoms with E-state index in [1.807, 2.05) is 0 Å². The molecule has 0 radical (unpaired) electrons. The molecular weight excluding hydrogens is 161 g/mol. The first-order valence-corrected chi connectivity index (χ1v) is 3.50. The molecule has 0 spiro atoms. The Balaban J connectivity index is 2.40. The van der Waals surface area contributed by atoms with Crippen LogP contribution in [0.5, 0.6) is 0 Å². The SMILES string of the molecule is O=C(O)N1CO[P+](=O)OC1. The van der Waals surface area contributed by atoms with Crippen LogP contribution in [0.1, 0.15) is 0 Å². The second-order valence-corrected chi connectivity index (χ2v) is 2.53. The fourth-order valence-electron chi connectivity index (χ4n) is 0.419. The smallest absolute Gasteiger partial charge is 0.465 e. The van der Waals surface area contributed by atoms with Crippen LogP contribution in [0.15, 0.2) is 0 Å². The average molecular weight is 166 g/mol. The van der Waals surface area contributed by atoms with Crippen molar-refractivity contribution in [1.82, 2.24) is 4.90 Å². The van der Waals surface area contributed by atoms with Gasteiger partial charge in [0.25, 0.3) is 0 Å². The lowest BCUT2D eigenvalue weighted by molar-refractivity contribution is 0.0125. The molecule has 1 heterocycles. The number of carboxylic acid groups (broad SMARTS) is 1. The Bertz CT molecular complexity index is 160. The van der Waals surface area contributed by atoms with Crippen LogP contribution in [-0.4, -0.2) is 29.6 Å². The summed E-state index contributed by atoms with van der Waals surface area (Å²) in [5, 5.41) is 8.30. The molecule has 0 aliphatic carbocycles. The Kier molecular flexibility index (Phi) is 2.16. The fourth-order valence-corrected chi connectivity index (χ4v) is 0.961. The van der Waals surface area contributed by atoms with E-state index in [2.05, 4.69) is 9.05 Å². The zero-order chi connectivity index (χ0) is 7.56. The largest absolute Gasteiger partial charge is 0.701 e. The van der Waals surface area contributed by atoms with Gasteiger partial charge in [-0.15, -0.1) is 0 Å². The number of amides is 1. The molecule has 0 atom stereocenters. The van der Waals surface area contributed by atoms with E-state index in [9.17, 15) is 9.36 Å². The first kappa shape index (κ1) is 7.40. The van der Waals surface area contributed by atoms with Crippen molar-refractivity contribution >= 4 is 14.3 Å². The zero-order valence-electron chi connectivity index (χ0n) is 4.89. The number of hydrogen-bond acceptors (Lipinski definition) is 4. The van der Waals surface area contributed by atoms with Crippen molar-refractivity contribution in [3.8, 4) is 0 Å². The Morgan fingerprint density at radius 1 is 1.50 bits per heavy atom. The summed E-state index contributed by atoms with van der Waals surface area (Å²) >= 11 is 0. The Hall–Kier alpha value is -0.710. The average Bonchev–Trinajstić information content (AvgIpc) is 1.88. The molecular formula is C3H5NO5P+. The molecule has 7 heteroatoms. The number of rotatable bonds is 0. The summed E-state index contributed by atoms with van der Waals surface area (Å²) in [7, 11) is -2.10. The summed E-state index contributed by atoms with van der Waals surface area (Å²) in [6.45, 7) is -0.380. The third kappa shape index (κ3) is 1.63.